The second kappa shape index (κ2) is 3.95. The molecule has 64 valence electrons. The van der Waals surface area contributed by atoms with Crippen molar-refractivity contribution < 1.29 is 13.6 Å². The first kappa shape index (κ1) is 8.84. The zero-order valence-corrected chi connectivity index (χ0v) is 6.34. The van der Waals surface area contributed by atoms with Crippen LogP contribution in [0.1, 0.15) is 10.4 Å². The fraction of sp³-hybridized carbons (Fsp3) is 0.222. The third-order valence-corrected chi connectivity index (χ3v) is 1.48. The van der Waals surface area contributed by atoms with Crippen molar-refractivity contribution in [3.8, 4) is 0 Å². The Morgan fingerprint density at radius 3 is 2.42 bits per heavy atom. The number of Topliss-reactive ketones (excluding diaryl/α,β-unsaturated/α-hetero) is 1. The number of hydrogen-bond donors (Lipinski definition) is 0. The predicted octanol–water partition coefficient (Wildman–Crippen LogP) is 2.18. The van der Waals surface area contributed by atoms with Gasteiger partial charge in [0.1, 0.15) is 6.67 Å². The van der Waals surface area contributed by atoms with Gasteiger partial charge in [-0.05, 0) is 0 Å². The molecule has 12 heavy (non-hydrogen) atoms. The van der Waals surface area contributed by atoms with Crippen LogP contribution in [0.5, 0.6) is 0 Å². The van der Waals surface area contributed by atoms with E-state index in [1.165, 1.54) is 12.1 Å². The van der Waals surface area contributed by atoms with Gasteiger partial charge in [0.15, 0.2) is 12.0 Å². The molecule has 0 spiro atoms. The molecule has 0 saturated heterocycles. The van der Waals surface area contributed by atoms with Crippen LogP contribution in [0.4, 0.5) is 8.78 Å². The van der Waals surface area contributed by atoms with Crippen LogP contribution in [0, 0.1) is 0 Å². The Morgan fingerprint density at radius 1 is 1.33 bits per heavy atom. The summed E-state index contributed by atoms with van der Waals surface area (Å²) in [6, 6.07) is 7.85. The molecule has 0 amide bonds. The number of ketones is 1. The van der Waals surface area contributed by atoms with Gasteiger partial charge in [-0.15, -0.1) is 0 Å². The van der Waals surface area contributed by atoms with Crippen molar-refractivity contribution in [1.29, 1.82) is 0 Å². The lowest BCUT2D eigenvalue weighted by atomic mass is 10.1. The fourth-order valence-corrected chi connectivity index (χ4v) is 0.853. The molecule has 1 atom stereocenters. The molecule has 3 heteroatoms. The van der Waals surface area contributed by atoms with Gasteiger partial charge in [0.2, 0.25) is 0 Å². The SMILES string of the molecule is O=C(c1ccccc1)[C@H](F)CF. The second-order valence-electron chi connectivity index (χ2n) is 2.35. The van der Waals surface area contributed by atoms with E-state index in [0.29, 0.717) is 0 Å². The molecule has 0 aliphatic heterocycles. The van der Waals surface area contributed by atoms with Gasteiger partial charge in [-0.2, -0.15) is 0 Å². The first-order valence-corrected chi connectivity index (χ1v) is 3.55. The molecule has 0 radical (unpaired) electrons. The van der Waals surface area contributed by atoms with Gasteiger partial charge in [0, 0.05) is 5.56 Å². The maximum Gasteiger partial charge on any atom is 0.199 e. The summed E-state index contributed by atoms with van der Waals surface area (Å²) < 4.78 is 24.2. The molecular formula is C9H8F2O. The minimum absolute atomic E-state index is 0.211. The van der Waals surface area contributed by atoms with Gasteiger partial charge in [0.25, 0.3) is 0 Å². The lowest BCUT2D eigenvalue weighted by Crippen LogP contribution is -2.17. The van der Waals surface area contributed by atoms with E-state index in [1.807, 2.05) is 0 Å². The maximum atomic E-state index is 12.5. The summed E-state index contributed by atoms with van der Waals surface area (Å²) in [5, 5.41) is 0. The average Bonchev–Trinajstić information content (AvgIpc) is 2.17. The van der Waals surface area contributed by atoms with Crippen LogP contribution in [0.2, 0.25) is 0 Å². The molecule has 0 aromatic heterocycles. The molecule has 0 bridgehead atoms. The van der Waals surface area contributed by atoms with Crippen LogP contribution >= 0.6 is 0 Å². The van der Waals surface area contributed by atoms with Crippen molar-refractivity contribution in [2.75, 3.05) is 6.67 Å². The molecule has 0 aliphatic rings. The normalized spacial score (nSPS) is 12.5. The Morgan fingerprint density at radius 2 is 1.92 bits per heavy atom. The second-order valence-corrected chi connectivity index (χ2v) is 2.35. The fourth-order valence-electron chi connectivity index (χ4n) is 0.853. The summed E-state index contributed by atoms with van der Waals surface area (Å²) in [4.78, 5) is 11.0. The zero-order valence-electron chi connectivity index (χ0n) is 6.34. The van der Waals surface area contributed by atoms with Crippen LogP contribution in [-0.4, -0.2) is 18.6 Å². The van der Waals surface area contributed by atoms with E-state index in [4.69, 9.17) is 0 Å². The van der Waals surface area contributed by atoms with Crippen molar-refractivity contribution in [2.24, 2.45) is 0 Å². The highest BCUT2D eigenvalue weighted by Gasteiger charge is 2.17. The summed E-state index contributed by atoms with van der Waals surface area (Å²) >= 11 is 0. The van der Waals surface area contributed by atoms with Crippen LogP contribution in [0.25, 0.3) is 0 Å². The number of halogens is 2. The van der Waals surface area contributed by atoms with E-state index < -0.39 is 18.6 Å². The van der Waals surface area contributed by atoms with Gasteiger partial charge in [-0.1, -0.05) is 30.3 Å². The first-order valence-electron chi connectivity index (χ1n) is 3.55. The Labute approximate surface area is 69.0 Å². The Kier molecular flexibility index (Phi) is 2.91. The van der Waals surface area contributed by atoms with Crippen molar-refractivity contribution in [3.05, 3.63) is 35.9 Å². The van der Waals surface area contributed by atoms with Crippen LogP contribution in [0.3, 0.4) is 0 Å². The lowest BCUT2D eigenvalue weighted by molar-refractivity contribution is 0.0850. The minimum atomic E-state index is -2.02. The van der Waals surface area contributed by atoms with E-state index in [0.717, 1.165) is 0 Å². The monoisotopic (exact) mass is 170 g/mol. The number of benzene rings is 1. The Balaban J connectivity index is 2.79. The summed E-state index contributed by atoms with van der Waals surface area (Å²) in [5.74, 6) is -0.793. The third kappa shape index (κ3) is 1.87. The molecule has 1 aromatic carbocycles. The van der Waals surface area contributed by atoms with Gasteiger partial charge in [0.05, 0.1) is 0 Å². The molecule has 1 aromatic rings. The van der Waals surface area contributed by atoms with E-state index in [1.54, 1.807) is 18.2 Å². The van der Waals surface area contributed by atoms with Gasteiger partial charge in [-0.3, -0.25) is 4.79 Å². The van der Waals surface area contributed by atoms with Gasteiger partial charge < -0.3 is 0 Å². The molecule has 0 N–H and O–H groups in total. The van der Waals surface area contributed by atoms with E-state index in [2.05, 4.69) is 0 Å². The number of alkyl halides is 2. The largest absolute Gasteiger partial charge is 0.291 e. The lowest BCUT2D eigenvalue weighted by Gasteiger charge is -2.01. The highest BCUT2D eigenvalue weighted by Crippen LogP contribution is 2.06. The molecule has 1 nitrogen and oxygen atoms in total. The number of carbonyl (C=O) groups is 1. The molecule has 0 heterocycles. The number of hydrogen-bond acceptors (Lipinski definition) is 1. The zero-order chi connectivity index (χ0) is 8.97. The highest BCUT2D eigenvalue weighted by atomic mass is 19.2. The highest BCUT2D eigenvalue weighted by molar-refractivity contribution is 5.99. The van der Waals surface area contributed by atoms with E-state index in [9.17, 15) is 13.6 Å². The summed E-state index contributed by atoms with van der Waals surface area (Å²) in [7, 11) is 0. The maximum absolute atomic E-state index is 12.5. The summed E-state index contributed by atoms with van der Waals surface area (Å²) in [6.45, 7) is -1.26. The molecule has 0 aliphatic carbocycles. The third-order valence-electron chi connectivity index (χ3n) is 1.48. The number of rotatable bonds is 3. The van der Waals surface area contributed by atoms with Crippen LogP contribution < -0.4 is 0 Å². The quantitative estimate of drug-likeness (QED) is 0.635. The molecular weight excluding hydrogens is 162 g/mol. The van der Waals surface area contributed by atoms with Crippen molar-refractivity contribution in [1.82, 2.24) is 0 Å². The average molecular weight is 170 g/mol. The summed E-state index contributed by atoms with van der Waals surface area (Å²) in [5.41, 5.74) is 0.211. The minimum Gasteiger partial charge on any atom is -0.291 e. The molecule has 0 fully saturated rings. The summed E-state index contributed by atoms with van der Waals surface area (Å²) in [6.07, 6.45) is -2.02. The van der Waals surface area contributed by atoms with E-state index in [-0.39, 0.29) is 5.56 Å². The first-order chi connectivity index (χ1) is 5.75. The van der Waals surface area contributed by atoms with Gasteiger partial charge >= 0.3 is 0 Å². The molecule has 0 unspecified atom stereocenters. The smallest absolute Gasteiger partial charge is 0.199 e. The van der Waals surface area contributed by atoms with E-state index >= 15 is 0 Å². The van der Waals surface area contributed by atoms with Crippen LogP contribution in [0.15, 0.2) is 30.3 Å². The van der Waals surface area contributed by atoms with Crippen LogP contribution in [-0.2, 0) is 0 Å². The number of carbonyl (C=O) groups excluding carboxylic acids is 1. The Hall–Kier alpha value is -1.25. The topological polar surface area (TPSA) is 17.1 Å². The van der Waals surface area contributed by atoms with Crippen molar-refractivity contribution in [3.63, 3.8) is 0 Å². The molecule has 0 saturated carbocycles. The van der Waals surface area contributed by atoms with Gasteiger partial charge in [-0.25, -0.2) is 8.78 Å². The van der Waals surface area contributed by atoms with Crippen molar-refractivity contribution >= 4 is 5.78 Å². The standard InChI is InChI=1S/C9H8F2O/c10-6-8(11)9(12)7-4-2-1-3-5-7/h1-5,8H,6H2/t8-/m1/s1. The molecule has 1 rings (SSSR count). The predicted molar refractivity (Wildman–Crippen MR) is 41.6 cm³/mol. The Bertz CT molecular complexity index is 258. The van der Waals surface area contributed by atoms with Crippen molar-refractivity contribution in [2.45, 2.75) is 6.17 Å².